The summed E-state index contributed by atoms with van der Waals surface area (Å²) in [5, 5.41) is 6.34. The molecule has 0 bridgehead atoms. The van der Waals surface area contributed by atoms with Crippen LogP contribution in [0.3, 0.4) is 0 Å². The van der Waals surface area contributed by atoms with Gasteiger partial charge >= 0.3 is 0 Å². The van der Waals surface area contributed by atoms with Gasteiger partial charge in [-0.25, -0.2) is 0 Å². The van der Waals surface area contributed by atoms with Crippen LogP contribution in [-0.2, 0) is 24.2 Å². The fourth-order valence-electron chi connectivity index (χ4n) is 2.99. The standard InChI is InChI=1S/C19H22N2O2.ClH/c1-23-18-9-5-4-6-14(18)10-11-20-19(22)17-12-15-7-2-3-8-16(15)13-21-17;/h2-9,17,21H,10-13H2,1H3,(H,20,22);1H. The number of ether oxygens (including phenoxy) is 1. The fourth-order valence-corrected chi connectivity index (χ4v) is 2.99. The summed E-state index contributed by atoms with van der Waals surface area (Å²) >= 11 is 0. The average Bonchev–Trinajstić information content (AvgIpc) is 2.61. The molecule has 0 saturated carbocycles. The number of nitrogens with one attached hydrogen (secondary N) is 2. The van der Waals surface area contributed by atoms with Gasteiger partial charge in [0.05, 0.1) is 13.2 Å². The lowest BCUT2D eigenvalue weighted by atomic mass is 9.95. The van der Waals surface area contributed by atoms with Crippen molar-refractivity contribution >= 4 is 18.3 Å². The summed E-state index contributed by atoms with van der Waals surface area (Å²) in [6, 6.07) is 16.0. The Morgan fingerprint density at radius 3 is 2.67 bits per heavy atom. The minimum Gasteiger partial charge on any atom is -0.496 e. The molecule has 0 fully saturated rings. The van der Waals surface area contributed by atoms with Gasteiger partial charge in [0.25, 0.3) is 0 Å². The van der Waals surface area contributed by atoms with Crippen molar-refractivity contribution in [3.05, 3.63) is 65.2 Å². The summed E-state index contributed by atoms with van der Waals surface area (Å²) in [6.45, 7) is 1.36. The lowest BCUT2D eigenvalue weighted by Gasteiger charge is -2.25. The Kier molecular flexibility index (Phi) is 6.64. The number of carbonyl (C=O) groups is 1. The molecule has 2 aromatic rings. The molecule has 0 aliphatic carbocycles. The molecule has 5 heteroatoms. The normalized spacial score (nSPS) is 15.8. The molecule has 1 aliphatic rings. The number of hydrogen-bond donors (Lipinski definition) is 2. The van der Waals surface area contributed by atoms with Crippen LogP contribution in [0.15, 0.2) is 48.5 Å². The number of carbonyl (C=O) groups excluding carboxylic acids is 1. The largest absolute Gasteiger partial charge is 0.496 e. The molecule has 128 valence electrons. The number of rotatable bonds is 5. The maximum absolute atomic E-state index is 12.3. The third-order valence-corrected chi connectivity index (χ3v) is 4.28. The Bertz CT molecular complexity index is 691. The van der Waals surface area contributed by atoms with E-state index in [2.05, 4.69) is 22.8 Å². The highest BCUT2D eigenvalue weighted by Crippen LogP contribution is 2.18. The van der Waals surface area contributed by atoms with Crippen molar-refractivity contribution in [2.24, 2.45) is 0 Å². The van der Waals surface area contributed by atoms with E-state index in [1.807, 2.05) is 36.4 Å². The monoisotopic (exact) mass is 346 g/mol. The molecule has 1 atom stereocenters. The van der Waals surface area contributed by atoms with E-state index in [-0.39, 0.29) is 24.4 Å². The van der Waals surface area contributed by atoms with Crippen LogP contribution in [0.2, 0.25) is 0 Å². The molecular formula is C19H23ClN2O2. The molecule has 0 saturated heterocycles. The molecule has 0 radical (unpaired) electrons. The molecule has 3 rings (SSSR count). The lowest BCUT2D eigenvalue weighted by Crippen LogP contribution is -2.48. The molecule has 2 aromatic carbocycles. The van der Waals surface area contributed by atoms with E-state index < -0.39 is 0 Å². The van der Waals surface area contributed by atoms with Gasteiger partial charge in [-0.15, -0.1) is 12.4 Å². The van der Waals surface area contributed by atoms with E-state index in [1.165, 1.54) is 11.1 Å². The summed E-state index contributed by atoms with van der Waals surface area (Å²) in [5.41, 5.74) is 3.65. The first-order valence-corrected chi connectivity index (χ1v) is 7.97. The third-order valence-electron chi connectivity index (χ3n) is 4.28. The van der Waals surface area contributed by atoms with Crippen LogP contribution in [0.5, 0.6) is 5.75 Å². The van der Waals surface area contributed by atoms with Crippen molar-refractivity contribution < 1.29 is 9.53 Å². The van der Waals surface area contributed by atoms with E-state index in [0.29, 0.717) is 6.54 Å². The summed E-state index contributed by atoms with van der Waals surface area (Å²) in [4.78, 5) is 12.3. The maximum Gasteiger partial charge on any atom is 0.237 e. The van der Waals surface area contributed by atoms with Crippen LogP contribution in [0.4, 0.5) is 0 Å². The van der Waals surface area contributed by atoms with Crippen molar-refractivity contribution in [1.82, 2.24) is 10.6 Å². The van der Waals surface area contributed by atoms with Crippen molar-refractivity contribution in [3.63, 3.8) is 0 Å². The first kappa shape index (κ1) is 18.3. The van der Waals surface area contributed by atoms with E-state index >= 15 is 0 Å². The highest BCUT2D eigenvalue weighted by atomic mass is 35.5. The molecule has 1 unspecified atom stereocenters. The lowest BCUT2D eigenvalue weighted by molar-refractivity contribution is -0.123. The average molecular weight is 347 g/mol. The SMILES string of the molecule is COc1ccccc1CCNC(=O)C1Cc2ccccc2CN1.Cl. The molecule has 1 aliphatic heterocycles. The van der Waals surface area contributed by atoms with Crippen LogP contribution in [0, 0.1) is 0 Å². The molecule has 1 amide bonds. The predicted molar refractivity (Wildman–Crippen MR) is 97.7 cm³/mol. The van der Waals surface area contributed by atoms with Gasteiger partial charge in [0, 0.05) is 13.1 Å². The van der Waals surface area contributed by atoms with Gasteiger partial charge < -0.3 is 15.4 Å². The zero-order chi connectivity index (χ0) is 16.1. The predicted octanol–water partition coefficient (Wildman–Crippen LogP) is 2.49. The topological polar surface area (TPSA) is 50.4 Å². The molecule has 1 heterocycles. The van der Waals surface area contributed by atoms with Crippen LogP contribution < -0.4 is 15.4 Å². The van der Waals surface area contributed by atoms with Gasteiger partial charge in [0.1, 0.15) is 5.75 Å². The minimum atomic E-state index is -0.150. The Morgan fingerprint density at radius 1 is 1.17 bits per heavy atom. The second kappa shape index (κ2) is 8.71. The van der Waals surface area contributed by atoms with Crippen LogP contribution >= 0.6 is 12.4 Å². The van der Waals surface area contributed by atoms with Gasteiger partial charge in [-0.05, 0) is 35.6 Å². The Morgan fingerprint density at radius 2 is 1.88 bits per heavy atom. The van der Waals surface area contributed by atoms with Gasteiger partial charge in [0.2, 0.25) is 5.91 Å². The molecular weight excluding hydrogens is 324 g/mol. The number of methoxy groups -OCH3 is 1. The van der Waals surface area contributed by atoms with E-state index in [4.69, 9.17) is 4.74 Å². The van der Waals surface area contributed by atoms with Gasteiger partial charge in [0.15, 0.2) is 0 Å². The summed E-state index contributed by atoms with van der Waals surface area (Å²) in [5.74, 6) is 0.931. The van der Waals surface area contributed by atoms with Crippen molar-refractivity contribution in [2.75, 3.05) is 13.7 Å². The summed E-state index contributed by atoms with van der Waals surface area (Å²) < 4.78 is 5.33. The van der Waals surface area contributed by atoms with Gasteiger partial charge in [-0.1, -0.05) is 42.5 Å². The van der Waals surface area contributed by atoms with E-state index in [9.17, 15) is 4.79 Å². The number of hydrogen-bond acceptors (Lipinski definition) is 3. The Labute approximate surface area is 149 Å². The zero-order valence-corrected chi connectivity index (χ0v) is 14.6. The van der Waals surface area contributed by atoms with Crippen molar-refractivity contribution in [1.29, 1.82) is 0 Å². The molecule has 24 heavy (non-hydrogen) atoms. The number of benzene rings is 2. The smallest absolute Gasteiger partial charge is 0.237 e. The third kappa shape index (κ3) is 4.28. The molecule has 0 aromatic heterocycles. The second-order valence-electron chi connectivity index (χ2n) is 5.76. The highest BCUT2D eigenvalue weighted by Gasteiger charge is 2.23. The van der Waals surface area contributed by atoms with Gasteiger partial charge in [-0.2, -0.15) is 0 Å². The highest BCUT2D eigenvalue weighted by molar-refractivity contribution is 5.85. The Hall–Kier alpha value is -2.04. The Balaban J connectivity index is 0.00000208. The quantitative estimate of drug-likeness (QED) is 0.874. The zero-order valence-electron chi connectivity index (χ0n) is 13.7. The first-order chi connectivity index (χ1) is 11.3. The van der Waals surface area contributed by atoms with Crippen LogP contribution in [0.25, 0.3) is 0 Å². The van der Waals surface area contributed by atoms with Crippen molar-refractivity contribution in [2.45, 2.75) is 25.4 Å². The number of fused-ring (bicyclic) bond motifs is 1. The number of para-hydroxylation sites is 1. The second-order valence-corrected chi connectivity index (χ2v) is 5.76. The fraction of sp³-hybridized carbons (Fsp3) is 0.316. The number of amides is 1. The van der Waals surface area contributed by atoms with Gasteiger partial charge in [-0.3, -0.25) is 4.79 Å². The first-order valence-electron chi connectivity index (χ1n) is 7.97. The van der Waals surface area contributed by atoms with E-state index in [0.717, 1.165) is 30.7 Å². The summed E-state index contributed by atoms with van der Waals surface area (Å²) in [7, 11) is 1.67. The molecule has 0 spiro atoms. The minimum absolute atomic E-state index is 0. The molecule has 2 N–H and O–H groups in total. The van der Waals surface area contributed by atoms with Crippen molar-refractivity contribution in [3.8, 4) is 5.75 Å². The maximum atomic E-state index is 12.3. The van der Waals surface area contributed by atoms with Crippen LogP contribution in [0.1, 0.15) is 16.7 Å². The number of halogens is 1. The molecule has 4 nitrogen and oxygen atoms in total. The van der Waals surface area contributed by atoms with Crippen LogP contribution in [-0.4, -0.2) is 25.6 Å². The van der Waals surface area contributed by atoms with E-state index in [1.54, 1.807) is 7.11 Å². The summed E-state index contributed by atoms with van der Waals surface area (Å²) in [6.07, 6.45) is 1.51.